The monoisotopic (exact) mass is 281 g/mol. The van der Waals surface area contributed by atoms with E-state index in [-0.39, 0.29) is 0 Å². The Labute approximate surface area is 118 Å². The maximum Gasteiger partial charge on any atom is 0.159 e. The fourth-order valence-electron chi connectivity index (χ4n) is 3.09. The van der Waals surface area contributed by atoms with Gasteiger partial charge in [-0.3, -0.25) is 4.68 Å². The molecule has 0 N–H and O–H groups in total. The van der Waals surface area contributed by atoms with Gasteiger partial charge in [0.05, 0.1) is 17.6 Å². The van der Waals surface area contributed by atoms with Gasteiger partial charge in [-0.2, -0.15) is 5.10 Å². The number of fused-ring (bicyclic) bond motifs is 1. The molecule has 1 saturated heterocycles. The van der Waals surface area contributed by atoms with E-state index in [1.807, 2.05) is 11.7 Å². The van der Waals surface area contributed by atoms with Gasteiger partial charge in [-0.15, -0.1) is 11.6 Å². The second kappa shape index (κ2) is 4.80. The topological polar surface area (TPSA) is 38.9 Å². The van der Waals surface area contributed by atoms with Gasteiger partial charge in [0.25, 0.3) is 0 Å². The summed E-state index contributed by atoms with van der Waals surface area (Å²) in [5, 5.41) is 4.57. The van der Waals surface area contributed by atoms with Crippen LogP contribution < -0.4 is 0 Å². The molecule has 6 heteroatoms. The maximum atomic E-state index is 6.10. The van der Waals surface area contributed by atoms with Gasteiger partial charge in [0.1, 0.15) is 11.3 Å². The molecule has 5 nitrogen and oxygen atoms in total. The summed E-state index contributed by atoms with van der Waals surface area (Å²) in [6.45, 7) is 4.30. The Kier molecular flexibility index (Phi) is 3.27. The van der Waals surface area contributed by atoms with Crippen molar-refractivity contribution in [1.82, 2.24) is 24.2 Å². The minimum atomic E-state index is 0.456. The van der Waals surface area contributed by atoms with Gasteiger partial charge >= 0.3 is 0 Å². The summed E-state index contributed by atoms with van der Waals surface area (Å²) in [5.41, 5.74) is 3.21. The highest BCUT2D eigenvalue weighted by Gasteiger charge is 2.27. The van der Waals surface area contributed by atoms with Gasteiger partial charge in [-0.25, -0.2) is 4.98 Å². The maximum absolute atomic E-state index is 6.10. The quantitative estimate of drug-likeness (QED) is 0.807. The van der Waals surface area contributed by atoms with Crippen molar-refractivity contribution in [3.8, 4) is 0 Å². The van der Waals surface area contributed by atoms with E-state index in [1.165, 1.54) is 0 Å². The summed E-state index contributed by atoms with van der Waals surface area (Å²) >= 11 is 6.10. The minimum absolute atomic E-state index is 0.456. The number of aromatic nitrogens is 4. The number of likely N-dealkylation sites (tertiary alicyclic amines) is 1. The molecule has 1 fully saturated rings. The first-order valence-corrected chi connectivity index (χ1v) is 7.36. The lowest BCUT2D eigenvalue weighted by molar-refractivity contribution is 0.391. The molecular formula is C13H20ClN5. The number of hydrogen-bond acceptors (Lipinski definition) is 3. The summed E-state index contributed by atoms with van der Waals surface area (Å²) in [7, 11) is 4.16. The van der Waals surface area contributed by atoms with Crippen molar-refractivity contribution < 1.29 is 0 Å². The zero-order valence-corrected chi connectivity index (χ0v) is 12.5. The fourth-order valence-corrected chi connectivity index (χ4v) is 3.27. The van der Waals surface area contributed by atoms with E-state index >= 15 is 0 Å². The first-order chi connectivity index (χ1) is 9.15. The molecule has 1 unspecified atom stereocenters. The molecule has 2 aromatic rings. The van der Waals surface area contributed by atoms with Crippen LogP contribution in [0.3, 0.4) is 0 Å². The van der Waals surface area contributed by atoms with Gasteiger partial charge < -0.3 is 9.47 Å². The highest BCUT2D eigenvalue weighted by atomic mass is 35.5. The Hall–Kier alpha value is -1.07. The van der Waals surface area contributed by atoms with Crippen molar-refractivity contribution in [2.45, 2.75) is 31.7 Å². The number of imidazole rings is 1. The van der Waals surface area contributed by atoms with Crippen LogP contribution in [-0.4, -0.2) is 44.4 Å². The zero-order valence-electron chi connectivity index (χ0n) is 11.7. The Balaban J connectivity index is 2.18. The first kappa shape index (κ1) is 12.9. The smallest absolute Gasteiger partial charge is 0.159 e. The number of nitrogens with zero attached hydrogens (tertiary/aromatic N) is 5. The van der Waals surface area contributed by atoms with Crippen LogP contribution in [0, 0.1) is 0 Å². The van der Waals surface area contributed by atoms with E-state index in [9.17, 15) is 0 Å². The third-order valence-corrected chi connectivity index (χ3v) is 4.23. The Morgan fingerprint density at radius 2 is 2.16 bits per heavy atom. The molecule has 2 aromatic heterocycles. The molecule has 0 bridgehead atoms. The summed E-state index contributed by atoms with van der Waals surface area (Å²) in [6, 6.07) is 0.462. The van der Waals surface area contributed by atoms with Crippen molar-refractivity contribution in [2.24, 2.45) is 7.05 Å². The van der Waals surface area contributed by atoms with Crippen molar-refractivity contribution in [2.75, 3.05) is 20.1 Å². The molecule has 1 aliphatic heterocycles. The molecule has 0 saturated carbocycles. The van der Waals surface area contributed by atoms with Crippen molar-refractivity contribution >= 4 is 22.8 Å². The molecule has 104 valence electrons. The van der Waals surface area contributed by atoms with E-state index in [2.05, 4.69) is 28.5 Å². The third kappa shape index (κ3) is 1.96. The van der Waals surface area contributed by atoms with Gasteiger partial charge in [-0.05, 0) is 26.4 Å². The van der Waals surface area contributed by atoms with Gasteiger partial charge in [0, 0.05) is 13.6 Å². The first-order valence-electron chi connectivity index (χ1n) is 6.82. The van der Waals surface area contributed by atoms with Crippen LogP contribution in [-0.2, 0) is 19.3 Å². The van der Waals surface area contributed by atoms with Crippen LogP contribution in [0.15, 0.2) is 0 Å². The normalized spacial score (nSPS) is 20.7. The van der Waals surface area contributed by atoms with E-state index in [4.69, 9.17) is 16.6 Å². The number of rotatable bonds is 3. The molecule has 0 amide bonds. The predicted molar refractivity (Wildman–Crippen MR) is 76.6 cm³/mol. The number of halogens is 1. The SMILES string of the molecule is CCc1nn(C)c2c1nc(CCl)n2C1CCN(C)C1. The van der Waals surface area contributed by atoms with E-state index in [0.717, 1.165) is 48.6 Å². The van der Waals surface area contributed by atoms with Crippen molar-refractivity contribution in [3.63, 3.8) is 0 Å². The standard InChI is InChI=1S/C13H20ClN5/c1-4-10-12-13(18(3)16-10)19(11(7-14)15-12)9-5-6-17(2)8-9/h9H,4-8H2,1-3H3. The van der Waals surface area contributed by atoms with Crippen LogP contribution >= 0.6 is 11.6 Å². The lowest BCUT2D eigenvalue weighted by Gasteiger charge is -2.16. The number of likely N-dealkylation sites (N-methyl/N-ethyl adjacent to an activating group) is 1. The molecule has 0 spiro atoms. The number of hydrogen-bond donors (Lipinski definition) is 0. The predicted octanol–water partition coefficient (Wildman–Crippen LogP) is 1.95. The number of alkyl halides is 1. The minimum Gasteiger partial charge on any atom is -0.307 e. The summed E-state index contributed by atoms with van der Waals surface area (Å²) in [4.78, 5) is 7.07. The fraction of sp³-hybridized carbons (Fsp3) is 0.692. The molecule has 3 heterocycles. The van der Waals surface area contributed by atoms with E-state index < -0.39 is 0 Å². The van der Waals surface area contributed by atoms with E-state index in [0.29, 0.717) is 11.9 Å². The third-order valence-electron chi connectivity index (χ3n) is 4.00. The molecule has 0 aromatic carbocycles. The molecule has 1 aliphatic rings. The number of aryl methyl sites for hydroxylation is 2. The van der Waals surface area contributed by atoms with Crippen LogP contribution in [0.2, 0.25) is 0 Å². The van der Waals surface area contributed by atoms with Crippen molar-refractivity contribution in [1.29, 1.82) is 0 Å². The molecule has 1 atom stereocenters. The van der Waals surface area contributed by atoms with Crippen molar-refractivity contribution in [3.05, 3.63) is 11.5 Å². The van der Waals surface area contributed by atoms with Crippen LogP contribution in [0.4, 0.5) is 0 Å². The molecule has 0 aliphatic carbocycles. The van der Waals surface area contributed by atoms with Crippen LogP contribution in [0.5, 0.6) is 0 Å². The lowest BCUT2D eigenvalue weighted by atomic mass is 10.2. The van der Waals surface area contributed by atoms with Gasteiger partial charge in [-0.1, -0.05) is 6.92 Å². The van der Waals surface area contributed by atoms with E-state index in [1.54, 1.807) is 0 Å². The zero-order chi connectivity index (χ0) is 13.6. The average Bonchev–Trinajstić information content (AvgIpc) is 3.04. The Bertz CT molecular complexity index is 600. The molecule has 3 rings (SSSR count). The average molecular weight is 282 g/mol. The molecular weight excluding hydrogens is 262 g/mol. The lowest BCUT2D eigenvalue weighted by Crippen LogP contribution is -2.18. The highest BCUT2D eigenvalue weighted by molar-refractivity contribution is 6.16. The summed E-state index contributed by atoms with van der Waals surface area (Å²) < 4.78 is 4.26. The Morgan fingerprint density at radius 1 is 1.37 bits per heavy atom. The highest BCUT2D eigenvalue weighted by Crippen LogP contribution is 2.29. The molecule has 19 heavy (non-hydrogen) atoms. The summed E-state index contributed by atoms with van der Waals surface area (Å²) in [6.07, 6.45) is 2.05. The summed E-state index contributed by atoms with van der Waals surface area (Å²) in [5.74, 6) is 1.43. The molecule has 0 radical (unpaired) electrons. The van der Waals surface area contributed by atoms with Gasteiger partial charge in [0.2, 0.25) is 0 Å². The van der Waals surface area contributed by atoms with Gasteiger partial charge in [0.15, 0.2) is 5.65 Å². The van der Waals surface area contributed by atoms with Crippen LogP contribution in [0.1, 0.15) is 30.9 Å². The largest absolute Gasteiger partial charge is 0.307 e. The second-order valence-corrected chi connectivity index (χ2v) is 5.60. The second-order valence-electron chi connectivity index (χ2n) is 5.33. The Morgan fingerprint density at radius 3 is 2.74 bits per heavy atom. The van der Waals surface area contributed by atoms with Crippen LogP contribution in [0.25, 0.3) is 11.2 Å².